The normalized spacial score (nSPS) is 13.6. The van der Waals surface area contributed by atoms with Gasteiger partial charge in [0, 0.05) is 28.9 Å². The van der Waals surface area contributed by atoms with Crippen molar-refractivity contribution in [2.45, 2.75) is 20.3 Å². The standard InChI is InChI=1S/C17H17NO3/c1-11-8-14(9-12(2)18-11)17(19)13-4-5-15-16(10-13)21-7-3-6-20-15/h4-5,8-10H,3,6-7H2,1-2H3. The lowest BCUT2D eigenvalue weighted by molar-refractivity contribution is 0.103. The minimum Gasteiger partial charge on any atom is -0.490 e. The minimum absolute atomic E-state index is 0.0285. The van der Waals surface area contributed by atoms with Crippen LogP contribution in [0.1, 0.15) is 33.7 Å². The number of benzene rings is 1. The molecule has 0 N–H and O–H groups in total. The SMILES string of the molecule is Cc1cc(C(=O)c2ccc3c(c2)OCCCO3)cc(C)n1. The van der Waals surface area contributed by atoms with E-state index in [9.17, 15) is 4.79 Å². The number of hydrogen-bond donors (Lipinski definition) is 0. The predicted molar refractivity (Wildman–Crippen MR) is 79.2 cm³/mol. The van der Waals surface area contributed by atoms with Gasteiger partial charge in [0.25, 0.3) is 0 Å². The highest BCUT2D eigenvalue weighted by Crippen LogP contribution is 2.31. The van der Waals surface area contributed by atoms with Gasteiger partial charge in [0.15, 0.2) is 17.3 Å². The van der Waals surface area contributed by atoms with Crippen LogP contribution in [0.2, 0.25) is 0 Å². The molecule has 1 aliphatic rings. The van der Waals surface area contributed by atoms with Crippen LogP contribution < -0.4 is 9.47 Å². The number of rotatable bonds is 2. The lowest BCUT2D eigenvalue weighted by atomic mass is 10.0. The number of fused-ring (bicyclic) bond motifs is 1. The molecule has 0 radical (unpaired) electrons. The Bertz CT molecular complexity index is 674. The van der Waals surface area contributed by atoms with Crippen molar-refractivity contribution in [2.75, 3.05) is 13.2 Å². The van der Waals surface area contributed by atoms with E-state index in [0.717, 1.165) is 17.8 Å². The predicted octanol–water partition coefficient (Wildman–Crippen LogP) is 3.09. The van der Waals surface area contributed by atoms with Crippen LogP contribution >= 0.6 is 0 Å². The monoisotopic (exact) mass is 283 g/mol. The Balaban J connectivity index is 1.96. The molecule has 1 aromatic carbocycles. The third-order valence-electron chi connectivity index (χ3n) is 3.35. The minimum atomic E-state index is -0.0285. The Morgan fingerprint density at radius 1 is 0.952 bits per heavy atom. The summed E-state index contributed by atoms with van der Waals surface area (Å²) in [5.74, 6) is 1.31. The lowest BCUT2D eigenvalue weighted by Crippen LogP contribution is -2.04. The summed E-state index contributed by atoms with van der Waals surface area (Å²) in [7, 11) is 0. The van der Waals surface area contributed by atoms with Crippen molar-refractivity contribution in [3.63, 3.8) is 0 Å². The van der Waals surface area contributed by atoms with Gasteiger partial charge in [-0.2, -0.15) is 0 Å². The Hall–Kier alpha value is -2.36. The van der Waals surface area contributed by atoms with Gasteiger partial charge in [0.05, 0.1) is 13.2 Å². The smallest absolute Gasteiger partial charge is 0.193 e. The van der Waals surface area contributed by atoms with Gasteiger partial charge in [0.2, 0.25) is 0 Å². The first-order valence-electron chi connectivity index (χ1n) is 7.03. The molecule has 3 rings (SSSR count). The summed E-state index contributed by atoms with van der Waals surface area (Å²) < 4.78 is 11.2. The summed E-state index contributed by atoms with van der Waals surface area (Å²) in [6, 6.07) is 8.94. The Morgan fingerprint density at radius 3 is 2.33 bits per heavy atom. The molecule has 0 bridgehead atoms. The van der Waals surface area contributed by atoms with E-state index in [0.29, 0.717) is 35.8 Å². The van der Waals surface area contributed by atoms with Crippen LogP contribution in [0.4, 0.5) is 0 Å². The van der Waals surface area contributed by atoms with E-state index in [-0.39, 0.29) is 5.78 Å². The molecule has 0 aliphatic carbocycles. The Kier molecular flexibility index (Phi) is 3.60. The van der Waals surface area contributed by atoms with Gasteiger partial charge >= 0.3 is 0 Å². The summed E-state index contributed by atoms with van der Waals surface area (Å²) in [6.45, 7) is 5.02. The topological polar surface area (TPSA) is 48.4 Å². The maximum Gasteiger partial charge on any atom is 0.193 e. The first-order valence-corrected chi connectivity index (χ1v) is 7.03. The van der Waals surface area contributed by atoms with Crippen LogP contribution in [0, 0.1) is 13.8 Å². The molecule has 1 aliphatic heterocycles. The molecule has 0 spiro atoms. The Morgan fingerprint density at radius 2 is 1.62 bits per heavy atom. The molecule has 21 heavy (non-hydrogen) atoms. The van der Waals surface area contributed by atoms with Gasteiger partial charge in [0.1, 0.15) is 0 Å². The van der Waals surface area contributed by atoms with Gasteiger partial charge in [-0.15, -0.1) is 0 Å². The highest BCUT2D eigenvalue weighted by atomic mass is 16.5. The summed E-state index contributed by atoms with van der Waals surface area (Å²) in [5.41, 5.74) is 2.93. The van der Waals surface area contributed by atoms with E-state index in [1.165, 1.54) is 0 Å². The molecule has 0 saturated carbocycles. The molecular weight excluding hydrogens is 266 g/mol. The van der Waals surface area contributed by atoms with E-state index in [4.69, 9.17) is 9.47 Å². The quantitative estimate of drug-likeness (QED) is 0.795. The number of carbonyl (C=O) groups is 1. The van der Waals surface area contributed by atoms with Gasteiger partial charge in [-0.1, -0.05) is 0 Å². The molecule has 0 fully saturated rings. The Labute approximate surface area is 123 Å². The summed E-state index contributed by atoms with van der Waals surface area (Å²) in [5, 5.41) is 0. The number of ketones is 1. The molecule has 2 aromatic rings. The van der Waals surface area contributed by atoms with Gasteiger partial charge in [-0.3, -0.25) is 9.78 Å². The third-order valence-corrected chi connectivity index (χ3v) is 3.35. The van der Waals surface area contributed by atoms with Crippen molar-refractivity contribution in [1.82, 2.24) is 4.98 Å². The van der Waals surface area contributed by atoms with Crippen molar-refractivity contribution in [3.05, 3.63) is 52.8 Å². The summed E-state index contributed by atoms with van der Waals surface area (Å²) >= 11 is 0. The molecule has 4 nitrogen and oxygen atoms in total. The fourth-order valence-corrected chi connectivity index (χ4v) is 2.44. The molecule has 2 heterocycles. The zero-order valence-corrected chi connectivity index (χ0v) is 12.2. The summed E-state index contributed by atoms with van der Waals surface area (Å²) in [6.07, 6.45) is 0.848. The third kappa shape index (κ3) is 2.89. The van der Waals surface area contributed by atoms with Crippen molar-refractivity contribution in [3.8, 4) is 11.5 Å². The molecule has 0 amide bonds. The molecule has 108 valence electrons. The molecule has 4 heteroatoms. The van der Waals surface area contributed by atoms with Crippen LogP contribution in [-0.2, 0) is 0 Å². The largest absolute Gasteiger partial charge is 0.490 e. The van der Waals surface area contributed by atoms with E-state index in [2.05, 4.69) is 4.98 Å². The van der Waals surface area contributed by atoms with Crippen LogP contribution in [0.5, 0.6) is 11.5 Å². The van der Waals surface area contributed by atoms with Crippen LogP contribution in [0.15, 0.2) is 30.3 Å². The van der Waals surface area contributed by atoms with Gasteiger partial charge < -0.3 is 9.47 Å². The fraction of sp³-hybridized carbons (Fsp3) is 0.294. The average Bonchev–Trinajstić information content (AvgIpc) is 2.69. The molecule has 0 saturated heterocycles. The zero-order chi connectivity index (χ0) is 14.8. The van der Waals surface area contributed by atoms with E-state index < -0.39 is 0 Å². The molecule has 0 atom stereocenters. The highest BCUT2D eigenvalue weighted by Gasteiger charge is 2.16. The first kappa shape index (κ1) is 13.6. The second kappa shape index (κ2) is 5.56. The second-order valence-corrected chi connectivity index (χ2v) is 5.18. The number of pyridine rings is 1. The van der Waals surface area contributed by atoms with Crippen LogP contribution in [0.25, 0.3) is 0 Å². The number of aryl methyl sites for hydroxylation is 2. The zero-order valence-electron chi connectivity index (χ0n) is 12.2. The molecule has 1 aromatic heterocycles. The van der Waals surface area contributed by atoms with Crippen LogP contribution in [0.3, 0.4) is 0 Å². The summed E-state index contributed by atoms with van der Waals surface area (Å²) in [4.78, 5) is 16.9. The van der Waals surface area contributed by atoms with E-state index in [1.54, 1.807) is 30.3 Å². The van der Waals surface area contributed by atoms with Crippen molar-refractivity contribution in [1.29, 1.82) is 0 Å². The highest BCUT2D eigenvalue weighted by molar-refractivity contribution is 6.09. The molecular formula is C17H17NO3. The van der Waals surface area contributed by atoms with Gasteiger partial charge in [-0.05, 0) is 44.2 Å². The van der Waals surface area contributed by atoms with Gasteiger partial charge in [-0.25, -0.2) is 0 Å². The first-order chi connectivity index (χ1) is 10.1. The number of ether oxygens (including phenoxy) is 2. The van der Waals surface area contributed by atoms with E-state index in [1.807, 2.05) is 13.8 Å². The van der Waals surface area contributed by atoms with E-state index >= 15 is 0 Å². The lowest BCUT2D eigenvalue weighted by Gasteiger charge is -2.09. The van der Waals surface area contributed by atoms with Crippen molar-refractivity contribution < 1.29 is 14.3 Å². The van der Waals surface area contributed by atoms with Crippen LogP contribution in [-0.4, -0.2) is 24.0 Å². The number of hydrogen-bond acceptors (Lipinski definition) is 4. The van der Waals surface area contributed by atoms with Crippen molar-refractivity contribution in [2.24, 2.45) is 0 Å². The maximum absolute atomic E-state index is 12.6. The number of nitrogens with zero attached hydrogens (tertiary/aromatic N) is 1. The molecule has 0 unspecified atom stereocenters. The average molecular weight is 283 g/mol. The maximum atomic E-state index is 12.6. The number of aromatic nitrogens is 1. The fourth-order valence-electron chi connectivity index (χ4n) is 2.44. The number of carbonyl (C=O) groups excluding carboxylic acids is 1. The second-order valence-electron chi connectivity index (χ2n) is 5.18. The van der Waals surface area contributed by atoms with Crippen molar-refractivity contribution >= 4 is 5.78 Å².